The number of nitrogens with one attached hydrogen (secondary N) is 1. The van der Waals surface area contributed by atoms with Crippen LogP contribution >= 0.6 is 0 Å². The summed E-state index contributed by atoms with van der Waals surface area (Å²) in [5.74, 6) is 0.138. The first-order valence-corrected chi connectivity index (χ1v) is 6.37. The van der Waals surface area contributed by atoms with E-state index in [2.05, 4.69) is 5.32 Å². The smallest absolute Gasteiger partial charge is 0.242 e. The maximum absolute atomic E-state index is 12.4. The molecule has 2 aliphatic heterocycles. The molecule has 2 rings (SSSR count). The van der Waals surface area contributed by atoms with E-state index in [1.54, 1.807) is 0 Å². The minimum atomic E-state index is -0.207. The molecule has 0 radical (unpaired) electrons. The highest BCUT2D eigenvalue weighted by Crippen LogP contribution is 2.14. The van der Waals surface area contributed by atoms with Crippen molar-refractivity contribution in [3.63, 3.8) is 0 Å². The zero-order valence-electron chi connectivity index (χ0n) is 10.8. The molecular formula is C12H22N2O3. The van der Waals surface area contributed by atoms with Gasteiger partial charge in [-0.15, -0.1) is 0 Å². The first-order chi connectivity index (χ1) is 8.08. The van der Waals surface area contributed by atoms with Gasteiger partial charge in [-0.2, -0.15) is 0 Å². The number of hydrogen-bond acceptors (Lipinski definition) is 4. The van der Waals surface area contributed by atoms with Gasteiger partial charge in [0.15, 0.2) is 0 Å². The standard InChI is InChI=1S/C12H22N2O3/c1-8-6-14(7-9(2)17-8)12(15)11-10(3)16-5-4-13-11/h8-11,13H,4-7H2,1-3H3/t8?,9?,10-,11+/m1/s1. The van der Waals surface area contributed by atoms with Crippen LogP contribution in [0, 0.1) is 0 Å². The minimum absolute atomic E-state index is 0.0512. The second-order valence-electron chi connectivity index (χ2n) is 5.01. The topological polar surface area (TPSA) is 50.8 Å². The van der Waals surface area contributed by atoms with Crippen LogP contribution in [0.5, 0.6) is 0 Å². The lowest BCUT2D eigenvalue weighted by atomic mass is 10.1. The molecular weight excluding hydrogens is 220 g/mol. The van der Waals surface area contributed by atoms with E-state index in [0.717, 1.165) is 6.54 Å². The lowest BCUT2D eigenvalue weighted by Gasteiger charge is -2.39. The average molecular weight is 242 g/mol. The number of morpholine rings is 2. The minimum Gasteiger partial charge on any atom is -0.375 e. The Morgan fingerprint density at radius 2 is 1.88 bits per heavy atom. The summed E-state index contributed by atoms with van der Waals surface area (Å²) >= 11 is 0. The molecule has 0 aliphatic carbocycles. The third kappa shape index (κ3) is 2.97. The van der Waals surface area contributed by atoms with Gasteiger partial charge in [0.05, 0.1) is 24.9 Å². The molecule has 1 N–H and O–H groups in total. The quantitative estimate of drug-likeness (QED) is 0.703. The number of carbonyl (C=O) groups excluding carboxylic acids is 1. The highest BCUT2D eigenvalue weighted by atomic mass is 16.5. The van der Waals surface area contributed by atoms with E-state index in [0.29, 0.717) is 19.7 Å². The van der Waals surface area contributed by atoms with Crippen LogP contribution in [0.25, 0.3) is 0 Å². The van der Waals surface area contributed by atoms with Gasteiger partial charge in [0.1, 0.15) is 6.04 Å². The van der Waals surface area contributed by atoms with E-state index in [1.807, 2.05) is 25.7 Å². The van der Waals surface area contributed by atoms with E-state index in [1.165, 1.54) is 0 Å². The fourth-order valence-corrected chi connectivity index (χ4v) is 2.56. The van der Waals surface area contributed by atoms with Crippen LogP contribution in [0.2, 0.25) is 0 Å². The Kier molecular flexibility index (Phi) is 4.01. The van der Waals surface area contributed by atoms with Gasteiger partial charge < -0.3 is 19.7 Å². The first kappa shape index (κ1) is 12.8. The van der Waals surface area contributed by atoms with Crippen LogP contribution in [-0.4, -0.2) is 61.4 Å². The summed E-state index contributed by atoms with van der Waals surface area (Å²) in [6.07, 6.45) is 0.176. The van der Waals surface area contributed by atoms with Crippen LogP contribution in [0.15, 0.2) is 0 Å². The zero-order chi connectivity index (χ0) is 12.4. The molecule has 98 valence electrons. The zero-order valence-corrected chi connectivity index (χ0v) is 10.8. The van der Waals surface area contributed by atoms with Crippen molar-refractivity contribution in [1.82, 2.24) is 10.2 Å². The molecule has 2 fully saturated rings. The summed E-state index contributed by atoms with van der Waals surface area (Å²) in [5, 5.41) is 3.24. The normalized spacial score (nSPS) is 39.1. The number of nitrogens with zero attached hydrogens (tertiary/aromatic N) is 1. The van der Waals surface area contributed by atoms with Crippen molar-refractivity contribution < 1.29 is 14.3 Å². The molecule has 0 spiro atoms. The molecule has 2 unspecified atom stereocenters. The summed E-state index contributed by atoms with van der Waals surface area (Å²) in [5.41, 5.74) is 0. The van der Waals surface area contributed by atoms with E-state index in [-0.39, 0.29) is 30.3 Å². The Morgan fingerprint density at radius 3 is 2.47 bits per heavy atom. The molecule has 4 atom stereocenters. The molecule has 2 aliphatic rings. The van der Waals surface area contributed by atoms with Crippen LogP contribution in [0.3, 0.4) is 0 Å². The van der Waals surface area contributed by atoms with Gasteiger partial charge in [-0.1, -0.05) is 0 Å². The van der Waals surface area contributed by atoms with Crippen LogP contribution in [0.4, 0.5) is 0 Å². The molecule has 1 amide bonds. The molecule has 2 saturated heterocycles. The largest absolute Gasteiger partial charge is 0.375 e. The maximum atomic E-state index is 12.4. The highest BCUT2D eigenvalue weighted by molar-refractivity contribution is 5.82. The Labute approximate surface area is 102 Å². The number of hydrogen-bond donors (Lipinski definition) is 1. The van der Waals surface area contributed by atoms with Crippen molar-refractivity contribution in [2.45, 2.75) is 45.1 Å². The Morgan fingerprint density at radius 1 is 1.24 bits per heavy atom. The van der Waals surface area contributed by atoms with Gasteiger partial charge >= 0.3 is 0 Å². The third-order valence-electron chi connectivity index (χ3n) is 3.31. The van der Waals surface area contributed by atoms with Crippen molar-refractivity contribution in [3.05, 3.63) is 0 Å². The van der Waals surface area contributed by atoms with Crippen LogP contribution in [0.1, 0.15) is 20.8 Å². The lowest BCUT2D eigenvalue weighted by molar-refractivity contribution is -0.150. The van der Waals surface area contributed by atoms with Gasteiger partial charge in [0.25, 0.3) is 0 Å². The maximum Gasteiger partial charge on any atom is 0.242 e. The first-order valence-electron chi connectivity index (χ1n) is 6.37. The average Bonchev–Trinajstić information content (AvgIpc) is 2.27. The SMILES string of the molecule is CC1CN(C(=O)[C@H]2NCCO[C@@H]2C)CC(C)O1. The molecule has 0 aromatic carbocycles. The summed E-state index contributed by atoms with van der Waals surface area (Å²) in [4.78, 5) is 14.3. The van der Waals surface area contributed by atoms with Gasteiger partial charge in [-0.05, 0) is 20.8 Å². The number of rotatable bonds is 1. The van der Waals surface area contributed by atoms with E-state index in [9.17, 15) is 4.79 Å². The number of carbonyl (C=O) groups is 1. The number of amides is 1. The van der Waals surface area contributed by atoms with Gasteiger partial charge in [-0.25, -0.2) is 0 Å². The molecule has 0 aromatic rings. The summed E-state index contributed by atoms with van der Waals surface area (Å²) in [6.45, 7) is 8.73. The predicted molar refractivity (Wildman–Crippen MR) is 63.8 cm³/mol. The fourth-order valence-electron chi connectivity index (χ4n) is 2.56. The van der Waals surface area contributed by atoms with Crippen LogP contribution < -0.4 is 5.32 Å². The fraction of sp³-hybridized carbons (Fsp3) is 0.917. The van der Waals surface area contributed by atoms with Crippen molar-refractivity contribution in [1.29, 1.82) is 0 Å². The third-order valence-corrected chi connectivity index (χ3v) is 3.31. The van der Waals surface area contributed by atoms with Crippen LogP contribution in [-0.2, 0) is 14.3 Å². The Bertz CT molecular complexity index is 275. The second-order valence-corrected chi connectivity index (χ2v) is 5.01. The Hall–Kier alpha value is -0.650. The van der Waals surface area contributed by atoms with Crippen molar-refractivity contribution >= 4 is 5.91 Å². The monoisotopic (exact) mass is 242 g/mol. The number of ether oxygens (including phenoxy) is 2. The van der Waals surface area contributed by atoms with E-state index < -0.39 is 0 Å². The molecule has 0 aromatic heterocycles. The van der Waals surface area contributed by atoms with E-state index >= 15 is 0 Å². The van der Waals surface area contributed by atoms with E-state index in [4.69, 9.17) is 9.47 Å². The molecule has 5 nitrogen and oxygen atoms in total. The summed E-state index contributed by atoms with van der Waals surface area (Å²) in [7, 11) is 0. The molecule has 0 bridgehead atoms. The summed E-state index contributed by atoms with van der Waals surface area (Å²) < 4.78 is 11.1. The van der Waals surface area contributed by atoms with Gasteiger partial charge in [-0.3, -0.25) is 4.79 Å². The second kappa shape index (κ2) is 5.33. The molecule has 5 heteroatoms. The van der Waals surface area contributed by atoms with Crippen molar-refractivity contribution in [3.8, 4) is 0 Å². The highest BCUT2D eigenvalue weighted by Gasteiger charge is 2.34. The van der Waals surface area contributed by atoms with Crippen molar-refractivity contribution in [2.75, 3.05) is 26.2 Å². The molecule has 17 heavy (non-hydrogen) atoms. The lowest BCUT2D eigenvalue weighted by Crippen LogP contribution is -2.59. The summed E-state index contributed by atoms with van der Waals surface area (Å²) in [6, 6.07) is -0.207. The van der Waals surface area contributed by atoms with Gasteiger partial charge in [0.2, 0.25) is 5.91 Å². The van der Waals surface area contributed by atoms with Gasteiger partial charge in [0, 0.05) is 19.6 Å². The molecule has 0 saturated carbocycles. The van der Waals surface area contributed by atoms with Crippen molar-refractivity contribution in [2.24, 2.45) is 0 Å². The predicted octanol–water partition coefficient (Wildman–Crippen LogP) is -0.000900. The molecule has 2 heterocycles. The Balaban J connectivity index is 1.98.